The Labute approximate surface area is 243 Å². The summed E-state index contributed by atoms with van der Waals surface area (Å²) in [6.45, 7) is 7.71. The summed E-state index contributed by atoms with van der Waals surface area (Å²) in [5.74, 6) is -0.289. The molecule has 0 aliphatic carbocycles. The van der Waals surface area contributed by atoms with Crippen LogP contribution in [-0.4, -0.2) is 42.8 Å². The van der Waals surface area contributed by atoms with Gasteiger partial charge in [0.2, 0.25) is 0 Å². The fourth-order valence-corrected chi connectivity index (χ4v) is 4.99. The zero-order valence-corrected chi connectivity index (χ0v) is 24.3. The number of benzene rings is 2. The van der Waals surface area contributed by atoms with Gasteiger partial charge in [0, 0.05) is 35.3 Å². The van der Waals surface area contributed by atoms with Crippen molar-refractivity contribution in [1.82, 2.24) is 10.3 Å². The number of amides is 1. The molecule has 1 N–H and O–H groups in total. The highest BCUT2D eigenvalue weighted by Gasteiger charge is 2.29. The number of rotatable bonds is 7. The van der Waals surface area contributed by atoms with Crippen molar-refractivity contribution in [3.8, 4) is 16.9 Å². The third kappa shape index (κ3) is 6.17. The van der Waals surface area contributed by atoms with Gasteiger partial charge in [0.15, 0.2) is 5.82 Å². The van der Waals surface area contributed by atoms with Crippen molar-refractivity contribution in [1.29, 1.82) is 0 Å². The van der Waals surface area contributed by atoms with Crippen molar-refractivity contribution >= 4 is 28.7 Å². The molecule has 9 nitrogen and oxygen atoms in total. The Kier molecular flexibility index (Phi) is 8.06. The Hall–Kier alpha value is -4.60. The minimum Gasteiger partial charge on any atom is -0.481 e. The van der Waals surface area contributed by atoms with Gasteiger partial charge in [0.25, 0.3) is 0 Å². The van der Waals surface area contributed by atoms with Gasteiger partial charge >= 0.3 is 12.1 Å². The highest BCUT2D eigenvalue weighted by Crippen LogP contribution is 2.42. The number of hydrogen-bond donors (Lipinski definition) is 1. The maximum atomic E-state index is 15.9. The number of anilines is 1. The predicted octanol–water partition coefficient (Wildman–Crippen LogP) is 6.33. The lowest BCUT2D eigenvalue weighted by Gasteiger charge is -2.35. The average molecular weight is 576 g/mol. The number of aromatic nitrogens is 1. The molecule has 42 heavy (non-hydrogen) atoms. The van der Waals surface area contributed by atoms with Gasteiger partial charge in [0.1, 0.15) is 23.0 Å². The Balaban J connectivity index is 1.48. The number of pyridine rings is 1. The summed E-state index contributed by atoms with van der Waals surface area (Å²) < 4.78 is 38.6. The molecule has 1 unspecified atom stereocenters. The van der Waals surface area contributed by atoms with E-state index >= 15 is 4.39 Å². The van der Waals surface area contributed by atoms with Crippen molar-refractivity contribution in [3.63, 3.8) is 0 Å². The molecule has 0 saturated heterocycles. The third-order valence-electron chi connectivity index (χ3n) is 6.82. The van der Waals surface area contributed by atoms with Gasteiger partial charge < -0.3 is 28.8 Å². The van der Waals surface area contributed by atoms with E-state index in [1.165, 1.54) is 6.20 Å². The Morgan fingerprint density at radius 2 is 1.98 bits per heavy atom. The fourth-order valence-electron chi connectivity index (χ4n) is 4.99. The van der Waals surface area contributed by atoms with Crippen LogP contribution >= 0.6 is 0 Å². The predicted molar refractivity (Wildman–Crippen MR) is 156 cm³/mol. The van der Waals surface area contributed by atoms with E-state index in [1.54, 1.807) is 40.0 Å². The van der Waals surface area contributed by atoms with Gasteiger partial charge in [-0.15, -0.1) is 0 Å². The van der Waals surface area contributed by atoms with Crippen LogP contribution in [0.5, 0.6) is 5.75 Å². The number of halogens is 1. The number of carbonyl (C=O) groups is 2. The summed E-state index contributed by atoms with van der Waals surface area (Å²) in [5.41, 5.74) is 3.13. The minimum atomic E-state index is -0.682. The van der Waals surface area contributed by atoms with Gasteiger partial charge in [0.05, 0.1) is 43.8 Å². The minimum absolute atomic E-state index is 0.0645. The van der Waals surface area contributed by atoms with Crippen molar-refractivity contribution < 1.29 is 32.6 Å². The van der Waals surface area contributed by atoms with E-state index < -0.39 is 23.6 Å². The first-order valence-corrected chi connectivity index (χ1v) is 13.8. The first-order chi connectivity index (χ1) is 20.0. The van der Waals surface area contributed by atoms with Gasteiger partial charge in [-0.05, 0) is 63.6 Å². The molecular formula is C32H34FN3O6. The molecule has 0 spiro atoms. The van der Waals surface area contributed by atoms with Crippen molar-refractivity contribution in [2.24, 2.45) is 0 Å². The number of carbonyl (C=O) groups excluding carboxylic acids is 2. The molecule has 2 aromatic heterocycles. The number of fused-ring (bicyclic) bond motifs is 2. The Morgan fingerprint density at radius 1 is 1.17 bits per heavy atom. The maximum Gasteiger partial charge on any atom is 0.407 e. The Bertz CT molecular complexity index is 1630. The summed E-state index contributed by atoms with van der Waals surface area (Å²) >= 11 is 0. The molecule has 5 rings (SSSR count). The summed E-state index contributed by atoms with van der Waals surface area (Å²) in [7, 11) is 1.96. The summed E-state index contributed by atoms with van der Waals surface area (Å²) in [6, 6.07) is 12.9. The molecule has 1 atom stereocenters. The molecule has 4 aromatic rings. The summed E-state index contributed by atoms with van der Waals surface area (Å²) in [5, 5.41) is 3.35. The second-order valence-corrected chi connectivity index (χ2v) is 11.1. The zero-order chi connectivity index (χ0) is 30.0. The first-order valence-electron chi connectivity index (χ1n) is 13.8. The van der Waals surface area contributed by atoms with Crippen molar-refractivity contribution in [2.75, 3.05) is 25.1 Å². The van der Waals surface area contributed by atoms with Gasteiger partial charge in [-0.1, -0.05) is 12.1 Å². The highest BCUT2D eigenvalue weighted by molar-refractivity contribution is 5.93. The molecule has 0 bridgehead atoms. The van der Waals surface area contributed by atoms with Crippen LogP contribution < -0.4 is 15.0 Å². The molecule has 0 fully saturated rings. The number of nitrogens with one attached hydrogen (secondary N) is 1. The quantitative estimate of drug-likeness (QED) is 0.255. The number of nitrogens with zero attached hydrogens (tertiary/aromatic N) is 2. The molecule has 1 aliphatic rings. The Morgan fingerprint density at radius 3 is 2.74 bits per heavy atom. The van der Waals surface area contributed by atoms with Gasteiger partial charge in [-0.25, -0.2) is 9.18 Å². The normalized spacial score (nSPS) is 14.7. The summed E-state index contributed by atoms with van der Waals surface area (Å²) in [4.78, 5) is 30.7. The second-order valence-electron chi connectivity index (χ2n) is 11.1. The van der Waals surface area contributed by atoms with Crippen LogP contribution in [0.15, 0.2) is 59.3 Å². The van der Waals surface area contributed by atoms with Crippen LogP contribution in [0.4, 0.5) is 14.9 Å². The first kappa shape index (κ1) is 28.9. The number of furan rings is 1. The number of para-hydroxylation sites is 1. The van der Waals surface area contributed by atoms with E-state index in [4.69, 9.17) is 18.6 Å². The van der Waals surface area contributed by atoms with Crippen molar-refractivity contribution in [2.45, 2.75) is 52.4 Å². The molecule has 2 aromatic carbocycles. The van der Waals surface area contributed by atoms with Crippen LogP contribution in [0.3, 0.4) is 0 Å². The molecule has 1 aliphatic heterocycles. The molecular weight excluding hydrogens is 541 g/mol. The number of ether oxygens (including phenoxy) is 3. The van der Waals surface area contributed by atoms with Crippen LogP contribution in [0, 0.1) is 5.82 Å². The van der Waals surface area contributed by atoms with E-state index in [1.807, 2.05) is 43.4 Å². The number of esters is 1. The largest absolute Gasteiger partial charge is 0.481 e. The SMILES string of the molecule is CCOC(=O)Cc1cccc2c1OC(c1cc(-c3ccnc(CNC(=O)OC(C)(C)C)c3F)c3occc3c1)CN2C. The van der Waals surface area contributed by atoms with E-state index in [-0.39, 0.29) is 30.2 Å². The topological polar surface area (TPSA) is 103 Å². The van der Waals surface area contributed by atoms with Gasteiger partial charge in [-0.3, -0.25) is 9.78 Å². The standard InChI is InChI=1S/C32H34FN3O6/c1-6-39-27(37)16-19-8-7-9-25-30(19)41-26(18-36(25)5)21-14-20-11-13-40-29(20)23(15-21)22-10-12-34-24(28(22)33)17-35-31(38)42-32(2,3)4/h7-15,26H,6,16-18H2,1-5H3,(H,35,38). The molecule has 0 radical (unpaired) electrons. The maximum absolute atomic E-state index is 15.9. The second kappa shape index (κ2) is 11.7. The number of likely N-dealkylation sites (N-methyl/N-ethyl adjacent to an activating group) is 1. The van der Waals surface area contributed by atoms with Crippen LogP contribution in [0.2, 0.25) is 0 Å². The van der Waals surface area contributed by atoms with Crippen LogP contribution in [-0.2, 0) is 27.2 Å². The lowest BCUT2D eigenvalue weighted by molar-refractivity contribution is -0.142. The molecule has 0 saturated carbocycles. The van der Waals surface area contributed by atoms with Crippen molar-refractivity contribution in [3.05, 3.63) is 77.6 Å². The smallest absolute Gasteiger partial charge is 0.407 e. The lowest BCUT2D eigenvalue weighted by Crippen LogP contribution is -2.33. The zero-order valence-electron chi connectivity index (χ0n) is 24.3. The highest BCUT2D eigenvalue weighted by atomic mass is 19.1. The molecule has 1 amide bonds. The van der Waals surface area contributed by atoms with E-state index in [2.05, 4.69) is 15.2 Å². The molecule has 10 heteroatoms. The van der Waals surface area contributed by atoms with E-state index in [9.17, 15) is 9.59 Å². The average Bonchev–Trinajstić information content (AvgIpc) is 3.41. The molecule has 220 valence electrons. The van der Waals surface area contributed by atoms with E-state index in [0.29, 0.717) is 30.0 Å². The summed E-state index contributed by atoms with van der Waals surface area (Å²) in [6.07, 6.45) is 2.07. The monoisotopic (exact) mass is 575 g/mol. The third-order valence-corrected chi connectivity index (χ3v) is 6.82. The lowest BCUT2D eigenvalue weighted by atomic mass is 9.96. The van der Waals surface area contributed by atoms with Crippen LogP contribution in [0.25, 0.3) is 22.1 Å². The fraction of sp³-hybridized carbons (Fsp3) is 0.344. The van der Waals surface area contributed by atoms with E-state index in [0.717, 1.165) is 22.2 Å². The number of alkyl carbamates (subject to hydrolysis) is 1. The molecule has 3 heterocycles. The van der Waals surface area contributed by atoms with Crippen LogP contribution in [0.1, 0.15) is 50.6 Å². The van der Waals surface area contributed by atoms with Gasteiger partial charge in [-0.2, -0.15) is 0 Å². The number of hydrogen-bond acceptors (Lipinski definition) is 8.